The largest absolute Gasteiger partial charge is 0.343 e. The van der Waals surface area contributed by atoms with Gasteiger partial charge < -0.3 is 4.90 Å². The lowest BCUT2D eigenvalue weighted by atomic mass is 10.1. The number of hydrogen-bond acceptors (Lipinski definition) is 3. The third kappa shape index (κ3) is 2.92. The predicted octanol–water partition coefficient (Wildman–Crippen LogP) is -0.0677. The minimum Gasteiger partial charge on any atom is -0.343 e. The zero-order chi connectivity index (χ0) is 11.5. The van der Waals surface area contributed by atoms with Crippen molar-refractivity contribution in [2.75, 3.05) is 26.2 Å². The molecule has 0 saturated carbocycles. The van der Waals surface area contributed by atoms with Crippen molar-refractivity contribution in [1.82, 2.24) is 14.9 Å². The van der Waals surface area contributed by atoms with Gasteiger partial charge in [-0.05, 0) is 20.8 Å². The van der Waals surface area contributed by atoms with E-state index in [9.17, 15) is 9.59 Å². The van der Waals surface area contributed by atoms with Gasteiger partial charge in [0.1, 0.15) is 0 Å². The molecule has 1 fully saturated rings. The van der Waals surface area contributed by atoms with Crippen molar-refractivity contribution in [3.63, 3.8) is 0 Å². The van der Waals surface area contributed by atoms with Crippen LogP contribution in [0.1, 0.15) is 20.8 Å². The fourth-order valence-corrected chi connectivity index (χ4v) is 1.68. The van der Waals surface area contributed by atoms with Crippen molar-refractivity contribution in [2.45, 2.75) is 26.3 Å². The Labute approximate surface area is 90.6 Å². The lowest BCUT2D eigenvalue weighted by Gasteiger charge is -2.44. The van der Waals surface area contributed by atoms with Crippen molar-refractivity contribution in [2.24, 2.45) is 0 Å². The Balaban J connectivity index is 2.57. The van der Waals surface area contributed by atoms with Gasteiger partial charge in [0.25, 0.3) is 0 Å². The van der Waals surface area contributed by atoms with Crippen LogP contribution in [0.3, 0.4) is 0 Å². The van der Waals surface area contributed by atoms with Gasteiger partial charge in [0.05, 0.1) is 5.54 Å². The molecule has 1 aliphatic rings. The highest BCUT2D eigenvalue weighted by molar-refractivity contribution is 5.49. The number of rotatable bonds is 3. The van der Waals surface area contributed by atoms with Crippen LogP contribution in [0.5, 0.6) is 0 Å². The molecular formula is C10H19N3O2. The summed E-state index contributed by atoms with van der Waals surface area (Å²) in [6, 6.07) is 0. The Bertz CT molecular complexity index is 229. The fourth-order valence-electron chi connectivity index (χ4n) is 1.68. The lowest BCUT2D eigenvalue weighted by molar-refractivity contribution is -0.153. The first kappa shape index (κ1) is 12.0. The van der Waals surface area contributed by atoms with Crippen LogP contribution >= 0.6 is 0 Å². The summed E-state index contributed by atoms with van der Waals surface area (Å²) in [5.41, 5.74) is -0.203. The Morgan fingerprint density at radius 3 is 1.93 bits per heavy atom. The Hall–Kier alpha value is -1.10. The summed E-state index contributed by atoms with van der Waals surface area (Å²) in [6.45, 7) is 8.78. The second kappa shape index (κ2) is 4.61. The highest BCUT2D eigenvalue weighted by atomic mass is 16.2. The molecule has 15 heavy (non-hydrogen) atoms. The number of carbonyl (C=O) groups excluding carboxylic acids is 2. The maximum absolute atomic E-state index is 11.0. The van der Waals surface area contributed by atoms with E-state index in [0.717, 1.165) is 25.9 Å². The second-order valence-corrected chi connectivity index (χ2v) is 4.72. The maximum atomic E-state index is 11.0. The molecule has 1 heterocycles. The molecule has 0 atom stereocenters. The average molecular weight is 213 g/mol. The van der Waals surface area contributed by atoms with Gasteiger partial charge in [0.2, 0.25) is 12.8 Å². The molecule has 0 aromatic rings. The van der Waals surface area contributed by atoms with Crippen LogP contribution in [0.25, 0.3) is 0 Å². The zero-order valence-electron chi connectivity index (χ0n) is 9.64. The van der Waals surface area contributed by atoms with Crippen LogP contribution < -0.4 is 0 Å². The van der Waals surface area contributed by atoms with Crippen LogP contribution in [0, 0.1) is 0 Å². The summed E-state index contributed by atoms with van der Waals surface area (Å²) in [4.78, 5) is 23.3. The zero-order valence-corrected chi connectivity index (χ0v) is 9.64. The third-order valence-electron chi connectivity index (χ3n) is 2.53. The quantitative estimate of drug-likeness (QED) is 0.617. The van der Waals surface area contributed by atoms with Gasteiger partial charge in [-0.15, -0.1) is 0 Å². The van der Waals surface area contributed by atoms with E-state index in [4.69, 9.17) is 0 Å². The molecule has 2 amide bonds. The summed E-state index contributed by atoms with van der Waals surface area (Å²) in [6.07, 6.45) is 1.72. The molecule has 0 aliphatic carbocycles. The number of amides is 2. The van der Waals surface area contributed by atoms with E-state index in [0.29, 0.717) is 13.1 Å². The van der Waals surface area contributed by atoms with Crippen molar-refractivity contribution in [1.29, 1.82) is 0 Å². The van der Waals surface area contributed by atoms with Crippen LogP contribution in [-0.4, -0.2) is 59.5 Å². The molecule has 0 unspecified atom stereocenters. The molecular weight excluding hydrogens is 194 g/mol. The van der Waals surface area contributed by atoms with E-state index in [-0.39, 0.29) is 5.54 Å². The second-order valence-electron chi connectivity index (χ2n) is 4.72. The van der Waals surface area contributed by atoms with Crippen molar-refractivity contribution < 1.29 is 9.59 Å². The van der Waals surface area contributed by atoms with Gasteiger partial charge in [-0.2, -0.15) is 0 Å². The average Bonchev–Trinajstić information content (AvgIpc) is 2.18. The molecule has 0 N–H and O–H groups in total. The summed E-state index contributed by atoms with van der Waals surface area (Å²) in [7, 11) is 0. The molecule has 0 aromatic carbocycles. The Kier molecular flexibility index (Phi) is 3.68. The first-order chi connectivity index (χ1) is 6.99. The molecule has 5 heteroatoms. The molecule has 0 radical (unpaired) electrons. The highest BCUT2D eigenvalue weighted by Gasteiger charge is 2.28. The summed E-state index contributed by atoms with van der Waals surface area (Å²) in [5, 5.41) is 3.70. The number of hydrogen-bond donors (Lipinski definition) is 0. The van der Waals surface area contributed by atoms with Crippen LogP contribution in [0.2, 0.25) is 0 Å². The van der Waals surface area contributed by atoms with Gasteiger partial charge in [-0.1, -0.05) is 0 Å². The predicted molar refractivity (Wildman–Crippen MR) is 56.9 cm³/mol. The number of carbonyl (C=O) groups is 2. The van der Waals surface area contributed by atoms with E-state index < -0.39 is 0 Å². The van der Waals surface area contributed by atoms with Crippen LogP contribution in [0.4, 0.5) is 0 Å². The molecule has 1 rings (SSSR count). The van der Waals surface area contributed by atoms with E-state index in [1.54, 1.807) is 9.91 Å². The number of hydrazine groups is 1. The van der Waals surface area contributed by atoms with Gasteiger partial charge in [0, 0.05) is 26.2 Å². The molecule has 1 aliphatic heterocycles. The minimum atomic E-state index is -0.203. The Morgan fingerprint density at radius 2 is 1.60 bits per heavy atom. The molecule has 0 aromatic heterocycles. The van der Waals surface area contributed by atoms with Crippen LogP contribution in [-0.2, 0) is 9.59 Å². The van der Waals surface area contributed by atoms with Gasteiger partial charge >= 0.3 is 0 Å². The Morgan fingerprint density at radius 1 is 1.07 bits per heavy atom. The van der Waals surface area contributed by atoms with Crippen molar-refractivity contribution in [3.8, 4) is 0 Å². The minimum absolute atomic E-state index is 0.203. The molecule has 0 bridgehead atoms. The standard InChI is InChI=1S/C10H19N3O2/c1-10(2,3)13(9-15)12-6-4-11(8-14)5-7-12/h8-9H,4-7H2,1-3H3. The lowest BCUT2D eigenvalue weighted by Crippen LogP contribution is -2.58. The van der Waals surface area contributed by atoms with E-state index >= 15 is 0 Å². The van der Waals surface area contributed by atoms with Gasteiger partial charge in [-0.3, -0.25) is 14.6 Å². The third-order valence-corrected chi connectivity index (χ3v) is 2.53. The molecule has 1 saturated heterocycles. The van der Waals surface area contributed by atoms with E-state index in [1.807, 2.05) is 25.8 Å². The first-order valence-corrected chi connectivity index (χ1v) is 5.18. The smallest absolute Gasteiger partial charge is 0.224 e. The topological polar surface area (TPSA) is 43.9 Å². The molecule has 5 nitrogen and oxygen atoms in total. The van der Waals surface area contributed by atoms with E-state index in [2.05, 4.69) is 0 Å². The summed E-state index contributed by atoms with van der Waals surface area (Å²) < 4.78 is 0. The van der Waals surface area contributed by atoms with Crippen molar-refractivity contribution in [3.05, 3.63) is 0 Å². The van der Waals surface area contributed by atoms with Gasteiger partial charge in [-0.25, -0.2) is 5.01 Å². The van der Waals surface area contributed by atoms with Crippen LogP contribution in [0.15, 0.2) is 0 Å². The SMILES string of the molecule is CC(C)(C)N(C=O)N1CCN(C=O)CC1. The summed E-state index contributed by atoms with van der Waals surface area (Å²) in [5.74, 6) is 0. The monoisotopic (exact) mass is 213 g/mol. The first-order valence-electron chi connectivity index (χ1n) is 5.18. The molecule has 86 valence electrons. The fraction of sp³-hybridized carbons (Fsp3) is 0.800. The molecule has 0 spiro atoms. The van der Waals surface area contributed by atoms with Crippen molar-refractivity contribution >= 4 is 12.8 Å². The normalized spacial score (nSPS) is 18.7. The highest BCUT2D eigenvalue weighted by Crippen LogP contribution is 2.15. The maximum Gasteiger partial charge on any atom is 0.224 e. The number of piperazine rings is 1. The summed E-state index contributed by atoms with van der Waals surface area (Å²) >= 11 is 0. The van der Waals surface area contributed by atoms with Gasteiger partial charge in [0.15, 0.2) is 0 Å². The van der Waals surface area contributed by atoms with E-state index in [1.165, 1.54) is 0 Å². The number of nitrogens with zero attached hydrogens (tertiary/aromatic N) is 3.